The minimum absolute atomic E-state index is 0.0414. The van der Waals surface area contributed by atoms with Crippen LogP contribution in [0.25, 0.3) is 0 Å². The zero-order valence-corrected chi connectivity index (χ0v) is 14.4. The SMILES string of the molecule is CC(C#N)(COc1c(Br)cc([N+](=O)[O-])cc1Br)NC1CC1. The van der Waals surface area contributed by atoms with Crippen LogP contribution in [0.5, 0.6) is 5.75 Å². The lowest BCUT2D eigenvalue weighted by molar-refractivity contribution is -0.385. The molecule has 0 amide bonds. The van der Waals surface area contributed by atoms with E-state index in [9.17, 15) is 15.4 Å². The number of nitrogens with one attached hydrogen (secondary N) is 1. The number of nitro benzene ring substituents is 1. The molecule has 1 saturated carbocycles. The molecular weight excluding hydrogens is 406 g/mol. The molecule has 1 N–H and O–H groups in total. The van der Waals surface area contributed by atoms with Gasteiger partial charge in [0, 0.05) is 18.2 Å². The van der Waals surface area contributed by atoms with Gasteiger partial charge in [0.1, 0.15) is 17.9 Å². The molecule has 8 heteroatoms. The third kappa shape index (κ3) is 4.15. The third-order valence-corrected chi connectivity index (χ3v) is 4.22. The summed E-state index contributed by atoms with van der Waals surface area (Å²) in [5.41, 5.74) is -0.831. The summed E-state index contributed by atoms with van der Waals surface area (Å²) in [6.45, 7) is 1.92. The standard InChI is InChI=1S/C13H13Br2N3O3/c1-13(6-16,17-8-2-3-8)7-21-12-10(14)4-9(18(19)20)5-11(12)15/h4-5,8,17H,2-3,7H2,1H3. The first-order valence-corrected chi connectivity index (χ1v) is 7.88. The highest BCUT2D eigenvalue weighted by atomic mass is 79.9. The molecule has 6 nitrogen and oxygen atoms in total. The Hall–Kier alpha value is -1.17. The van der Waals surface area contributed by atoms with E-state index in [0.717, 1.165) is 12.8 Å². The van der Waals surface area contributed by atoms with Gasteiger partial charge in [0.15, 0.2) is 0 Å². The first kappa shape index (κ1) is 16.2. The van der Waals surface area contributed by atoms with E-state index in [1.54, 1.807) is 6.92 Å². The van der Waals surface area contributed by atoms with Crippen LogP contribution in [-0.2, 0) is 0 Å². The number of hydrogen-bond donors (Lipinski definition) is 1. The van der Waals surface area contributed by atoms with Crippen LogP contribution in [0.3, 0.4) is 0 Å². The van der Waals surface area contributed by atoms with E-state index in [-0.39, 0.29) is 12.3 Å². The van der Waals surface area contributed by atoms with Crippen molar-refractivity contribution < 1.29 is 9.66 Å². The highest BCUT2D eigenvalue weighted by molar-refractivity contribution is 9.11. The van der Waals surface area contributed by atoms with Gasteiger partial charge in [0.25, 0.3) is 5.69 Å². The molecular formula is C13H13Br2N3O3. The molecule has 1 aromatic rings. The summed E-state index contributed by atoms with van der Waals surface area (Å²) in [5.74, 6) is 0.444. The van der Waals surface area contributed by atoms with Crippen molar-refractivity contribution in [2.75, 3.05) is 6.61 Å². The monoisotopic (exact) mass is 417 g/mol. The quantitative estimate of drug-likeness (QED) is 0.563. The molecule has 1 unspecified atom stereocenters. The number of benzene rings is 1. The van der Waals surface area contributed by atoms with Crippen molar-refractivity contribution in [3.05, 3.63) is 31.2 Å². The molecule has 112 valence electrons. The molecule has 1 fully saturated rings. The van der Waals surface area contributed by atoms with Crippen LogP contribution in [0.2, 0.25) is 0 Å². The summed E-state index contributed by atoms with van der Waals surface area (Å²) in [6.07, 6.45) is 2.14. The zero-order valence-electron chi connectivity index (χ0n) is 11.2. The van der Waals surface area contributed by atoms with Gasteiger partial charge in [-0.15, -0.1) is 0 Å². The van der Waals surface area contributed by atoms with Gasteiger partial charge < -0.3 is 4.74 Å². The van der Waals surface area contributed by atoms with E-state index < -0.39 is 10.5 Å². The Morgan fingerprint density at radius 2 is 2.10 bits per heavy atom. The van der Waals surface area contributed by atoms with Gasteiger partial charge in [-0.05, 0) is 51.6 Å². The van der Waals surface area contributed by atoms with Crippen LogP contribution in [0.1, 0.15) is 19.8 Å². The van der Waals surface area contributed by atoms with Crippen LogP contribution in [0.4, 0.5) is 5.69 Å². The van der Waals surface area contributed by atoms with E-state index in [0.29, 0.717) is 20.7 Å². The normalized spacial score (nSPS) is 16.9. The van der Waals surface area contributed by atoms with Crippen LogP contribution in [0, 0.1) is 21.4 Å². The molecule has 0 radical (unpaired) electrons. The Kier molecular flexibility index (Phi) is 4.86. The smallest absolute Gasteiger partial charge is 0.271 e. The second-order valence-electron chi connectivity index (χ2n) is 5.15. The predicted molar refractivity (Wildman–Crippen MR) is 84.2 cm³/mol. The Labute approximate surface area is 138 Å². The van der Waals surface area contributed by atoms with Gasteiger partial charge in [-0.1, -0.05) is 0 Å². The Morgan fingerprint density at radius 1 is 1.52 bits per heavy atom. The van der Waals surface area contributed by atoms with E-state index in [2.05, 4.69) is 43.2 Å². The summed E-state index contributed by atoms with van der Waals surface area (Å²) >= 11 is 6.51. The molecule has 0 bridgehead atoms. The minimum Gasteiger partial charge on any atom is -0.488 e. The third-order valence-electron chi connectivity index (χ3n) is 3.05. The maximum absolute atomic E-state index is 10.8. The average molecular weight is 419 g/mol. The lowest BCUT2D eigenvalue weighted by Gasteiger charge is -2.24. The molecule has 21 heavy (non-hydrogen) atoms. The van der Waals surface area contributed by atoms with E-state index in [1.165, 1.54) is 12.1 Å². The summed E-state index contributed by atoms with van der Waals surface area (Å²) in [5, 5.41) is 23.3. The lowest BCUT2D eigenvalue weighted by Crippen LogP contribution is -2.47. The van der Waals surface area contributed by atoms with Crippen molar-refractivity contribution in [3.63, 3.8) is 0 Å². The van der Waals surface area contributed by atoms with Crippen LogP contribution in [0.15, 0.2) is 21.1 Å². The second-order valence-corrected chi connectivity index (χ2v) is 6.86. The van der Waals surface area contributed by atoms with E-state index in [4.69, 9.17) is 4.74 Å². The molecule has 1 aromatic carbocycles. The number of nitro groups is 1. The van der Waals surface area contributed by atoms with Gasteiger partial charge >= 0.3 is 0 Å². The number of hydrogen-bond acceptors (Lipinski definition) is 5. The van der Waals surface area contributed by atoms with Crippen molar-refractivity contribution in [2.45, 2.75) is 31.3 Å². The topological polar surface area (TPSA) is 88.2 Å². The van der Waals surface area contributed by atoms with Gasteiger partial charge in [-0.3, -0.25) is 15.4 Å². The second kappa shape index (κ2) is 6.30. The highest BCUT2D eigenvalue weighted by Crippen LogP contribution is 2.37. The molecule has 0 aromatic heterocycles. The molecule has 0 heterocycles. The average Bonchev–Trinajstić information content (AvgIpc) is 3.21. The molecule has 1 aliphatic carbocycles. The number of halogens is 2. The van der Waals surface area contributed by atoms with E-state index in [1.807, 2.05) is 0 Å². The van der Waals surface area contributed by atoms with Crippen molar-refractivity contribution in [1.82, 2.24) is 5.32 Å². The summed E-state index contributed by atoms with van der Waals surface area (Å²) in [4.78, 5) is 10.3. The van der Waals surface area contributed by atoms with Gasteiger partial charge in [0.05, 0.1) is 19.9 Å². The Bertz CT molecular complexity index is 590. The fourth-order valence-corrected chi connectivity index (χ4v) is 3.18. The van der Waals surface area contributed by atoms with Gasteiger partial charge in [0.2, 0.25) is 0 Å². The maximum atomic E-state index is 10.8. The Morgan fingerprint density at radius 3 is 2.52 bits per heavy atom. The number of nitrogens with zero attached hydrogens (tertiary/aromatic N) is 2. The van der Waals surface area contributed by atoms with Crippen molar-refractivity contribution in [2.24, 2.45) is 0 Å². The number of rotatable bonds is 6. The van der Waals surface area contributed by atoms with Crippen molar-refractivity contribution in [1.29, 1.82) is 5.26 Å². The molecule has 0 spiro atoms. The van der Waals surface area contributed by atoms with Crippen LogP contribution >= 0.6 is 31.9 Å². The molecule has 2 rings (SSSR count). The molecule has 1 atom stereocenters. The largest absolute Gasteiger partial charge is 0.488 e. The first-order valence-electron chi connectivity index (χ1n) is 6.30. The van der Waals surface area contributed by atoms with Gasteiger partial charge in [-0.2, -0.15) is 5.26 Å². The number of non-ortho nitro benzene ring substituents is 1. The lowest BCUT2D eigenvalue weighted by atomic mass is 10.1. The fraction of sp³-hybridized carbons (Fsp3) is 0.462. The van der Waals surface area contributed by atoms with Crippen molar-refractivity contribution in [3.8, 4) is 11.8 Å². The number of ether oxygens (including phenoxy) is 1. The maximum Gasteiger partial charge on any atom is 0.271 e. The van der Waals surface area contributed by atoms with Crippen molar-refractivity contribution >= 4 is 37.5 Å². The Balaban J connectivity index is 2.12. The zero-order chi connectivity index (χ0) is 15.6. The summed E-state index contributed by atoms with van der Waals surface area (Å²) in [7, 11) is 0. The summed E-state index contributed by atoms with van der Waals surface area (Å²) < 4.78 is 6.62. The molecule has 1 aliphatic rings. The first-order chi connectivity index (χ1) is 9.84. The number of nitriles is 1. The fourth-order valence-electron chi connectivity index (χ4n) is 1.79. The minimum atomic E-state index is -0.790. The highest BCUT2D eigenvalue weighted by Gasteiger charge is 2.33. The van der Waals surface area contributed by atoms with E-state index >= 15 is 0 Å². The summed E-state index contributed by atoms with van der Waals surface area (Å²) in [6, 6.07) is 5.34. The molecule has 0 saturated heterocycles. The molecule has 0 aliphatic heterocycles. The van der Waals surface area contributed by atoms with Gasteiger partial charge in [-0.25, -0.2) is 0 Å². The van der Waals surface area contributed by atoms with Crippen LogP contribution < -0.4 is 10.1 Å². The van der Waals surface area contributed by atoms with Crippen LogP contribution in [-0.4, -0.2) is 23.1 Å². The predicted octanol–water partition coefficient (Wildman–Crippen LogP) is 3.53.